The van der Waals surface area contributed by atoms with E-state index in [-0.39, 0.29) is 0 Å². The molecule has 28 heavy (non-hydrogen) atoms. The van der Waals surface area contributed by atoms with Crippen molar-refractivity contribution in [3.8, 4) is 22.5 Å². The van der Waals surface area contributed by atoms with Gasteiger partial charge in [0, 0.05) is 42.9 Å². The van der Waals surface area contributed by atoms with E-state index in [1.807, 2.05) is 73.5 Å². The van der Waals surface area contributed by atoms with E-state index in [4.69, 9.17) is 4.98 Å². The lowest BCUT2D eigenvalue weighted by molar-refractivity contribution is 0.777. The van der Waals surface area contributed by atoms with Crippen LogP contribution in [0, 0.1) is 0 Å². The van der Waals surface area contributed by atoms with Crippen LogP contribution < -0.4 is 5.32 Å². The van der Waals surface area contributed by atoms with Gasteiger partial charge in [0.05, 0.1) is 17.6 Å². The Bertz CT molecular complexity index is 1250. The summed E-state index contributed by atoms with van der Waals surface area (Å²) in [5.74, 6) is 1.56. The fourth-order valence-electron chi connectivity index (χ4n) is 3.27. The number of fused-ring (bicyclic) bond motifs is 1. The van der Waals surface area contributed by atoms with E-state index in [9.17, 15) is 0 Å². The van der Waals surface area contributed by atoms with Crippen LogP contribution in [0.4, 0.5) is 11.6 Å². The summed E-state index contributed by atoms with van der Waals surface area (Å²) in [6.07, 6.45) is 3.55. The predicted octanol–water partition coefficient (Wildman–Crippen LogP) is 3.50. The van der Waals surface area contributed by atoms with Gasteiger partial charge in [0.2, 0.25) is 0 Å². The second-order valence-electron chi connectivity index (χ2n) is 6.56. The summed E-state index contributed by atoms with van der Waals surface area (Å²) in [6.45, 7) is 0. The van der Waals surface area contributed by atoms with Gasteiger partial charge in [0.25, 0.3) is 0 Å². The number of nitrogens with one attached hydrogen (secondary N) is 2. The van der Waals surface area contributed by atoms with Crippen LogP contribution in [-0.4, -0.2) is 34.7 Å². The van der Waals surface area contributed by atoms with Gasteiger partial charge in [-0.3, -0.25) is 14.5 Å². The first-order chi connectivity index (χ1) is 13.7. The van der Waals surface area contributed by atoms with Crippen molar-refractivity contribution in [1.29, 1.82) is 0 Å². The molecule has 0 spiro atoms. The highest BCUT2D eigenvalue weighted by Gasteiger charge is 2.14. The third-order valence-corrected chi connectivity index (χ3v) is 4.70. The Hall–Kier alpha value is -3.94. The van der Waals surface area contributed by atoms with Crippen LogP contribution in [0.3, 0.4) is 0 Å². The number of aromatic nitrogens is 7. The summed E-state index contributed by atoms with van der Waals surface area (Å²) in [6, 6.07) is 16.0. The largest absolute Gasteiger partial charge is 0.325 e. The molecule has 1 aromatic carbocycles. The molecule has 0 fully saturated rings. The maximum absolute atomic E-state index is 4.74. The molecule has 0 saturated heterocycles. The van der Waals surface area contributed by atoms with Crippen molar-refractivity contribution in [2.75, 3.05) is 5.32 Å². The molecule has 0 atom stereocenters. The summed E-state index contributed by atoms with van der Waals surface area (Å²) < 4.78 is 3.58. The van der Waals surface area contributed by atoms with Gasteiger partial charge in [-0.25, -0.2) is 4.98 Å². The first-order valence-electron chi connectivity index (χ1n) is 8.88. The first-order valence-corrected chi connectivity index (χ1v) is 8.88. The minimum Gasteiger partial charge on any atom is -0.325 e. The number of benzene rings is 1. The van der Waals surface area contributed by atoms with E-state index in [0.29, 0.717) is 5.82 Å². The highest BCUT2D eigenvalue weighted by molar-refractivity contribution is 5.93. The molecule has 0 saturated carbocycles. The summed E-state index contributed by atoms with van der Waals surface area (Å²) >= 11 is 0. The number of aryl methyl sites for hydroxylation is 2. The summed E-state index contributed by atoms with van der Waals surface area (Å²) in [5, 5.41) is 20.4. The normalized spacial score (nSPS) is 11.2. The summed E-state index contributed by atoms with van der Waals surface area (Å²) in [5.41, 5.74) is 4.67. The zero-order valence-electron chi connectivity index (χ0n) is 15.5. The van der Waals surface area contributed by atoms with Gasteiger partial charge in [-0.1, -0.05) is 30.3 Å². The highest BCUT2D eigenvalue weighted by atomic mass is 15.3. The van der Waals surface area contributed by atoms with E-state index >= 15 is 0 Å². The molecule has 0 aliphatic rings. The third-order valence-electron chi connectivity index (χ3n) is 4.70. The maximum Gasteiger partial charge on any atom is 0.160 e. The monoisotopic (exact) mass is 370 g/mol. The number of hydrogen-bond donors (Lipinski definition) is 2. The average molecular weight is 370 g/mol. The molecule has 0 amide bonds. The van der Waals surface area contributed by atoms with E-state index < -0.39 is 0 Å². The van der Waals surface area contributed by atoms with E-state index in [0.717, 1.165) is 39.4 Å². The Kier molecular flexibility index (Phi) is 3.68. The number of aromatic amines is 1. The molecular weight excluding hydrogens is 352 g/mol. The zero-order chi connectivity index (χ0) is 19.1. The molecule has 0 radical (unpaired) electrons. The number of hydrogen-bond acceptors (Lipinski definition) is 5. The standard InChI is InChI=1S/C20H18N8/c1-27-19(11-17(26-27)13-6-4-3-5-7-13)23-18-10-14(16-8-9-21-25-16)15-12-22-28(2)20(15)24-18/h3-12H,1-2H3,(H,21,25)(H,23,24). The zero-order valence-corrected chi connectivity index (χ0v) is 15.5. The first kappa shape index (κ1) is 16.2. The molecule has 2 N–H and O–H groups in total. The number of rotatable bonds is 4. The third kappa shape index (κ3) is 2.71. The van der Waals surface area contributed by atoms with Gasteiger partial charge in [-0.15, -0.1) is 0 Å². The molecule has 8 heteroatoms. The topological polar surface area (TPSA) is 89.2 Å². The lowest BCUT2D eigenvalue weighted by Gasteiger charge is -2.08. The fraction of sp³-hybridized carbons (Fsp3) is 0.100. The van der Waals surface area contributed by atoms with Crippen molar-refractivity contribution in [1.82, 2.24) is 34.7 Å². The molecule has 0 bridgehead atoms. The molecule has 0 unspecified atom stereocenters. The SMILES string of the molecule is Cn1nc(-c2ccccc2)cc1Nc1cc(-c2ccn[nH]2)c2cnn(C)c2n1. The number of H-pyrrole nitrogens is 1. The smallest absolute Gasteiger partial charge is 0.160 e. The molecule has 5 aromatic rings. The second-order valence-corrected chi connectivity index (χ2v) is 6.56. The summed E-state index contributed by atoms with van der Waals surface area (Å²) in [4.78, 5) is 4.74. The Morgan fingerprint density at radius 1 is 1.00 bits per heavy atom. The number of pyridine rings is 1. The van der Waals surface area contributed by atoms with Gasteiger partial charge in [0.15, 0.2) is 5.65 Å². The van der Waals surface area contributed by atoms with Crippen molar-refractivity contribution < 1.29 is 0 Å². The molecule has 0 aliphatic heterocycles. The lowest BCUT2D eigenvalue weighted by atomic mass is 10.1. The van der Waals surface area contributed by atoms with Crippen LogP contribution in [-0.2, 0) is 14.1 Å². The van der Waals surface area contributed by atoms with E-state index in [1.54, 1.807) is 10.9 Å². The van der Waals surface area contributed by atoms with Crippen LogP contribution in [0.25, 0.3) is 33.5 Å². The molecule has 0 aliphatic carbocycles. The average Bonchev–Trinajstić information content (AvgIpc) is 3.45. The minimum absolute atomic E-state index is 0.711. The Morgan fingerprint density at radius 2 is 1.86 bits per heavy atom. The molecule has 4 heterocycles. The van der Waals surface area contributed by atoms with Gasteiger partial charge >= 0.3 is 0 Å². The van der Waals surface area contributed by atoms with Crippen molar-refractivity contribution in [2.24, 2.45) is 14.1 Å². The predicted molar refractivity (Wildman–Crippen MR) is 108 cm³/mol. The fourth-order valence-corrected chi connectivity index (χ4v) is 3.27. The quantitative estimate of drug-likeness (QED) is 0.505. The van der Waals surface area contributed by atoms with Crippen molar-refractivity contribution >= 4 is 22.7 Å². The lowest BCUT2D eigenvalue weighted by Crippen LogP contribution is -2.02. The van der Waals surface area contributed by atoms with E-state index in [2.05, 4.69) is 25.7 Å². The molecule has 5 rings (SSSR count). The Morgan fingerprint density at radius 3 is 2.64 bits per heavy atom. The number of anilines is 2. The van der Waals surface area contributed by atoms with Gasteiger partial charge in [0.1, 0.15) is 11.6 Å². The van der Waals surface area contributed by atoms with Crippen LogP contribution in [0.1, 0.15) is 0 Å². The van der Waals surface area contributed by atoms with Crippen molar-refractivity contribution in [3.05, 3.63) is 60.9 Å². The van der Waals surface area contributed by atoms with Crippen molar-refractivity contribution in [2.45, 2.75) is 0 Å². The van der Waals surface area contributed by atoms with Gasteiger partial charge in [-0.05, 0) is 12.1 Å². The van der Waals surface area contributed by atoms with Gasteiger partial charge < -0.3 is 5.32 Å². The van der Waals surface area contributed by atoms with Crippen molar-refractivity contribution in [3.63, 3.8) is 0 Å². The van der Waals surface area contributed by atoms with Gasteiger partial charge in [-0.2, -0.15) is 15.3 Å². The molecule has 4 aromatic heterocycles. The molecular formula is C20H18N8. The van der Waals surface area contributed by atoms with Crippen LogP contribution >= 0.6 is 0 Å². The molecule has 138 valence electrons. The second kappa shape index (κ2) is 6.34. The molecule has 8 nitrogen and oxygen atoms in total. The number of nitrogens with zero attached hydrogens (tertiary/aromatic N) is 6. The Labute approximate surface area is 160 Å². The minimum atomic E-state index is 0.711. The van der Waals surface area contributed by atoms with Crippen LogP contribution in [0.5, 0.6) is 0 Å². The Balaban J connectivity index is 1.58. The highest BCUT2D eigenvalue weighted by Crippen LogP contribution is 2.30. The van der Waals surface area contributed by atoms with Crippen LogP contribution in [0.15, 0.2) is 60.9 Å². The maximum atomic E-state index is 4.74. The van der Waals surface area contributed by atoms with E-state index in [1.165, 1.54) is 0 Å². The summed E-state index contributed by atoms with van der Waals surface area (Å²) in [7, 11) is 3.79. The van der Waals surface area contributed by atoms with Crippen LogP contribution in [0.2, 0.25) is 0 Å².